The van der Waals surface area contributed by atoms with Crippen LogP contribution in [0.2, 0.25) is 5.02 Å². The lowest BCUT2D eigenvalue weighted by Crippen LogP contribution is -3.08. The largest absolute Gasteiger partial charge is 0.326 e. The van der Waals surface area contributed by atoms with E-state index in [9.17, 15) is 13.2 Å². The molecule has 2 aromatic carbocycles. The molecule has 0 saturated heterocycles. The third-order valence-corrected chi connectivity index (χ3v) is 6.60. The SMILES string of the molecule is CCN(CC)S(=O)(=O)c1cccc(NC(=O)C[NH+](C)Cc2cccc(Cl)c2)c1. The van der Waals surface area contributed by atoms with E-state index in [0.29, 0.717) is 30.3 Å². The number of benzene rings is 2. The molecular formula is C20H27ClN3O3S+. The van der Waals surface area contributed by atoms with Crippen molar-refractivity contribution in [2.75, 3.05) is 32.0 Å². The third kappa shape index (κ3) is 6.04. The van der Waals surface area contributed by atoms with Crippen molar-refractivity contribution < 1.29 is 18.1 Å². The number of carbonyl (C=O) groups excluding carboxylic acids is 1. The second-order valence-corrected chi connectivity index (χ2v) is 8.98. The summed E-state index contributed by atoms with van der Waals surface area (Å²) < 4.78 is 26.7. The maximum atomic E-state index is 12.6. The summed E-state index contributed by atoms with van der Waals surface area (Å²) in [6, 6.07) is 13.9. The third-order valence-electron chi connectivity index (χ3n) is 4.32. The van der Waals surface area contributed by atoms with Gasteiger partial charge >= 0.3 is 0 Å². The maximum Gasteiger partial charge on any atom is 0.279 e. The van der Waals surface area contributed by atoms with Crippen LogP contribution in [-0.2, 0) is 21.4 Å². The quantitative estimate of drug-likeness (QED) is 0.647. The highest BCUT2D eigenvalue weighted by Gasteiger charge is 2.22. The Hall–Kier alpha value is -1.93. The zero-order chi connectivity index (χ0) is 20.7. The van der Waals surface area contributed by atoms with Gasteiger partial charge in [0.2, 0.25) is 10.0 Å². The second-order valence-electron chi connectivity index (χ2n) is 6.61. The lowest BCUT2D eigenvalue weighted by molar-refractivity contribution is -0.885. The molecule has 8 heteroatoms. The van der Waals surface area contributed by atoms with Gasteiger partial charge in [0, 0.05) is 29.4 Å². The van der Waals surface area contributed by atoms with Crippen molar-refractivity contribution in [3.05, 3.63) is 59.1 Å². The average molecular weight is 425 g/mol. The molecule has 0 aliphatic carbocycles. The molecular weight excluding hydrogens is 398 g/mol. The number of sulfonamides is 1. The summed E-state index contributed by atoms with van der Waals surface area (Å²) in [5.41, 5.74) is 1.51. The van der Waals surface area contributed by atoms with Crippen LogP contribution in [0.4, 0.5) is 5.69 Å². The number of rotatable bonds is 9. The van der Waals surface area contributed by atoms with E-state index in [4.69, 9.17) is 11.6 Å². The molecule has 0 bridgehead atoms. The van der Waals surface area contributed by atoms with E-state index in [1.807, 2.05) is 31.3 Å². The zero-order valence-electron chi connectivity index (χ0n) is 16.4. The lowest BCUT2D eigenvalue weighted by Gasteiger charge is -2.19. The van der Waals surface area contributed by atoms with Crippen LogP contribution in [-0.4, -0.2) is 45.3 Å². The Morgan fingerprint density at radius 3 is 2.43 bits per heavy atom. The first-order valence-electron chi connectivity index (χ1n) is 9.22. The van der Waals surface area contributed by atoms with Gasteiger partial charge in [0.25, 0.3) is 5.91 Å². The number of nitrogens with zero attached hydrogens (tertiary/aromatic N) is 1. The number of quaternary nitrogens is 1. The molecule has 0 aliphatic rings. The molecule has 2 aromatic rings. The van der Waals surface area contributed by atoms with Gasteiger partial charge in [-0.1, -0.05) is 43.6 Å². The van der Waals surface area contributed by atoms with Crippen molar-refractivity contribution in [1.82, 2.24) is 4.31 Å². The summed E-state index contributed by atoms with van der Waals surface area (Å²) in [6.45, 7) is 5.29. The Morgan fingerprint density at radius 1 is 1.11 bits per heavy atom. The van der Waals surface area contributed by atoms with Gasteiger partial charge in [-0.15, -0.1) is 0 Å². The van der Waals surface area contributed by atoms with E-state index in [0.717, 1.165) is 10.5 Å². The molecule has 28 heavy (non-hydrogen) atoms. The Kier molecular flexibility index (Phi) is 8.00. The molecule has 2 rings (SSSR count). The molecule has 0 spiro atoms. The van der Waals surface area contributed by atoms with E-state index >= 15 is 0 Å². The van der Waals surface area contributed by atoms with Gasteiger partial charge in [-0.3, -0.25) is 4.79 Å². The Bertz CT molecular complexity index is 914. The molecule has 0 heterocycles. The fourth-order valence-corrected chi connectivity index (χ4v) is 4.70. The zero-order valence-corrected chi connectivity index (χ0v) is 18.0. The van der Waals surface area contributed by atoms with Crippen molar-refractivity contribution in [2.45, 2.75) is 25.3 Å². The van der Waals surface area contributed by atoms with E-state index < -0.39 is 10.0 Å². The number of nitrogens with one attached hydrogen (secondary N) is 2. The number of halogens is 1. The topological polar surface area (TPSA) is 70.9 Å². The van der Waals surface area contributed by atoms with E-state index in [1.165, 1.54) is 10.4 Å². The molecule has 1 atom stereocenters. The number of anilines is 1. The summed E-state index contributed by atoms with van der Waals surface area (Å²) >= 11 is 6.00. The van der Waals surface area contributed by atoms with Crippen LogP contribution >= 0.6 is 11.6 Å². The van der Waals surface area contributed by atoms with Gasteiger partial charge in [0.15, 0.2) is 6.54 Å². The molecule has 0 fully saturated rings. The van der Waals surface area contributed by atoms with Crippen LogP contribution in [0, 0.1) is 0 Å². The van der Waals surface area contributed by atoms with E-state index in [1.54, 1.807) is 32.0 Å². The molecule has 6 nitrogen and oxygen atoms in total. The van der Waals surface area contributed by atoms with Crippen molar-refractivity contribution in [1.29, 1.82) is 0 Å². The minimum Gasteiger partial charge on any atom is -0.326 e. The molecule has 152 valence electrons. The lowest BCUT2D eigenvalue weighted by atomic mass is 10.2. The highest BCUT2D eigenvalue weighted by Crippen LogP contribution is 2.19. The van der Waals surface area contributed by atoms with Crippen LogP contribution in [0.15, 0.2) is 53.4 Å². The molecule has 1 amide bonds. The van der Waals surface area contributed by atoms with Crippen LogP contribution in [0.25, 0.3) is 0 Å². The van der Waals surface area contributed by atoms with Crippen molar-refractivity contribution in [2.24, 2.45) is 0 Å². The molecule has 1 unspecified atom stereocenters. The minimum absolute atomic E-state index is 0.175. The molecule has 0 aliphatic heterocycles. The fourth-order valence-electron chi connectivity index (χ4n) is 2.98. The van der Waals surface area contributed by atoms with Gasteiger partial charge in [-0.05, 0) is 30.3 Å². The first-order chi connectivity index (χ1) is 13.3. The highest BCUT2D eigenvalue weighted by molar-refractivity contribution is 7.89. The van der Waals surface area contributed by atoms with Crippen LogP contribution in [0.1, 0.15) is 19.4 Å². The van der Waals surface area contributed by atoms with Gasteiger partial charge in [0.1, 0.15) is 6.54 Å². The predicted octanol–water partition coefficient (Wildman–Crippen LogP) is 2.02. The molecule has 0 saturated carbocycles. The van der Waals surface area contributed by atoms with Gasteiger partial charge < -0.3 is 10.2 Å². The van der Waals surface area contributed by atoms with E-state index in [-0.39, 0.29) is 17.3 Å². The number of hydrogen-bond donors (Lipinski definition) is 2. The molecule has 2 N–H and O–H groups in total. The normalized spacial score (nSPS) is 12.8. The molecule has 0 radical (unpaired) electrons. The first-order valence-corrected chi connectivity index (χ1v) is 11.0. The number of hydrogen-bond acceptors (Lipinski definition) is 3. The standard InChI is InChI=1S/C20H26ClN3O3S/c1-4-24(5-2)28(26,27)19-11-7-10-18(13-19)22-20(25)15-23(3)14-16-8-6-9-17(21)12-16/h6-13H,4-5,14-15H2,1-3H3,(H,22,25)/p+1. The summed E-state index contributed by atoms with van der Waals surface area (Å²) in [4.78, 5) is 13.5. The number of amides is 1. The average Bonchev–Trinajstić information content (AvgIpc) is 2.62. The van der Waals surface area contributed by atoms with Gasteiger partial charge in [-0.25, -0.2) is 8.42 Å². The smallest absolute Gasteiger partial charge is 0.279 e. The first kappa shape index (κ1) is 22.4. The number of likely N-dealkylation sites (N-methyl/N-ethyl adjacent to an activating group) is 1. The van der Waals surface area contributed by atoms with Crippen LogP contribution < -0.4 is 10.2 Å². The maximum absolute atomic E-state index is 12.6. The van der Waals surface area contributed by atoms with Crippen molar-refractivity contribution in [3.8, 4) is 0 Å². The van der Waals surface area contributed by atoms with Gasteiger partial charge in [0.05, 0.1) is 11.9 Å². The highest BCUT2D eigenvalue weighted by atomic mass is 35.5. The number of carbonyl (C=O) groups is 1. The van der Waals surface area contributed by atoms with Crippen LogP contribution in [0.5, 0.6) is 0 Å². The summed E-state index contributed by atoms with van der Waals surface area (Å²) in [5, 5.41) is 3.46. The minimum atomic E-state index is -3.56. The summed E-state index contributed by atoms with van der Waals surface area (Å²) in [5.74, 6) is -0.183. The summed E-state index contributed by atoms with van der Waals surface area (Å²) in [6.07, 6.45) is 0. The molecule has 0 aromatic heterocycles. The van der Waals surface area contributed by atoms with Crippen molar-refractivity contribution >= 4 is 33.2 Å². The monoisotopic (exact) mass is 424 g/mol. The van der Waals surface area contributed by atoms with Gasteiger partial charge in [-0.2, -0.15) is 4.31 Å². The second kappa shape index (κ2) is 10.0. The van der Waals surface area contributed by atoms with E-state index in [2.05, 4.69) is 5.32 Å². The Morgan fingerprint density at radius 2 is 1.79 bits per heavy atom. The summed E-state index contributed by atoms with van der Waals surface area (Å²) in [7, 11) is -1.64. The van der Waals surface area contributed by atoms with Crippen molar-refractivity contribution in [3.63, 3.8) is 0 Å². The fraction of sp³-hybridized carbons (Fsp3) is 0.350. The van der Waals surface area contributed by atoms with Crippen LogP contribution in [0.3, 0.4) is 0 Å². The Labute approximate surface area is 172 Å². The predicted molar refractivity (Wildman–Crippen MR) is 112 cm³/mol. The Balaban J connectivity index is 2.02.